The molecule has 0 saturated carbocycles. The van der Waals surface area contributed by atoms with Crippen molar-refractivity contribution in [3.8, 4) is 0 Å². The number of carboxylic acids is 1. The number of aromatic carboxylic acids is 1. The lowest BCUT2D eigenvalue weighted by Crippen LogP contribution is -2.35. The normalized spacial score (nSPS) is 12.2. The van der Waals surface area contributed by atoms with Crippen LogP contribution in [-0.4, -0.2) is 28.6 Å². The van der Waals surface area contributed by atoms with Gasteiger partial charge in [0, 0.05) is 12.6 Å². The van der Waals surface area contributed by atoms with E-state index in [0.29, 0.717) is 11.0 Å². The van der Waals surface area contributed by atoms with Crippen LogP contribution in [0.25, 0.3) is 0 Å². The van der Waals surface area contributed by atoms with Crippen LogP contribution in [0.15, 0.2) is 12.1 Å². The number of anilines is 1. The molecule has 1 rings (SSSR count). The number of aromatic nitrogens is 1. The zero-order valence-corrected chi connectivity index (χ0v) is 12.4. The Kier molecular flexibility index (Phi) is 6.09. The largest absolute Gasteiger partial charge is 0.478 e. The molecule has 1 aromatic heterocycles. The van der Waals surface area contributed by atoms with Gasteiger partial charge in [-0.3, -0.25) is 0 Å². The minimum Gasteiger partial charge on any atom is -0.478 e. The molecule has 0 saturated heterocycles. The minimum atomic E-state index is -0.969. The Hall–Kier alpha value is -1.29. The summed E-state index contributed by atoms with van der Waals surface area (Å²) in [7, 11) is 0. The van der Waals surface area contributed by atoms with Gasteiger partial charge in [-0.15, -0.1) is 0 Å². The monoisotopic (exact) mass is 284 g/mol. The maximum Gasteiger partial charge on any atom is 0.339 e. The zero-order chi connectivity index (χ0) is 14.4. The second-order valence-electron chi connectivity index (χ2n) is 4.61. The number of hydrogen-bond acceptors (Lipinski definition) is 3. The number of hydrogen-bond donors (Lipinski definition) is 1. The van der Waals surface area contributed by atoms with Crippen LogP contribution in [0.4, 0.5) is 5.82 Å². The van der Waals surface area contributed by atoms with Crippen LogP contribution in [0.2, 0.25) is 5.15 Å². The van der Waals surface area contributed by atoms with E-state index >= 15 is 0 Å². The maximum atomic E-state index is 11.3. The molecule has 4 nitrogen and oxygen atoms in total. The first kappa shape index (κ1) is 15.8. The molecule has 0 amide bonds. The van der Waals surface area contributed by atoms with Gasteiger partial charge in [-0.2, -0.15) is 0 Å². The molecule has 0 aliphatic rings. The molecular formula is C14H21ClN2O2. The van der Waals surface area contributed by atoms with Crippen molar-refractivity contribution in [3.63, 3.8) is 0 Å². The van der Waals surface area contributed by atoms with Crippen molar-refractivity contribution < 1.29 is 9.90 Å². The molecule has 106 valence electrons. The number of unbranched alkanes of at least 4 members (excludes halogenated alkanes) is 1. The number of rotatable bonds is 7. The van der Waals surface area contributed by atoms with Crippen molar-refractivity contribution in [2.45, 2.75) is 46.1 Å². The summed E-state index contributed by atoms with van der Waals surface area (Å²) in [4.78, 5) is 17.6. The lowest BCUT2D eigenvalue weighted by atomic mass is 10.1. The van der Waals surface area contributed by atoms with Gasteiger partial charge in [0.15, 0.2) is 0 Å². The molecule has 0 aromatic carbocycles. The molecule has 0 aliphatic carbocycles. The third-order valence-corrected chi connectivity index (χ3v) is 3.43. The van der Waals surface area contributed by atoms with Crippen molar-refractivity contribution >= 4 is 23.4 Å². The van der Waals surface area contributed by atoms with Crippen molar-refractivity contribution in [1.29, 1.82) is 0 Å². The highest BCUT2D eigenvalue weighted by atomic mass is 35.5. The van der Waals surface area contributed by atoms with Crippen LogP contribution in [0, 0.1) is 0 Å². The molecule has 1 atom stereocenters. The van der Waals surface area contributed by atoms with E-state index in [1.54, 1.807) is 0 Å². The van der Waals surface area contributed by atoms with Crippen LogP contribution < -0.4 is 4.90 Å². The van der Waals surface area contributed by atoms with E-state index in [2.05, 4.69) is 25.8 Å². The summed E-state index contributed by atoms with van der Waals surface area (Å²) in [5.41, 5.74) is 0.209. The zero-order valence-electron chi connectivity index (χ0n) is 11.7. The van der Waals surface area contributed by atoms with Gasteiger partial charge in [-0.1, -0.05) is 31.9 Å². The molecule has 19 heavy (non-hydrogen) atoms. The van der Waals surface area contributed by atoms with E-state index in [9.17, 15) is 9.90 Å². The predicted molar refractivity (Wildman–Crippen MR) is 78.2 cm³/mol. The molecular weight excluding hydrogens is 264 g/mol. The van der Waals surface area contributed by atoms with E-state index in [1.807, 2.05) is 4.90 Å². The highest BCUT2D eigenvalue weighted by Crippen LogP contribution is 2.24. The van der Waals surface area contributed by atoms with Crippen LogP contribution in [0.3, 0.4) is 0 Å². The van der Waals surface area contributed by atoms with Gasteiger partial charge >= 0.3 is 5.97 Å². The molecule has 0 spiro atoms. The quantitative estimate of drug-likeness (QED) is 0.773. The Morgan fingerprint density at radius 1 is 1.47 bits per heavy atom. The lowest BCUT2D eigenvalue weighted by molar-refractivity contribution is 0.0697. The summed E-state index contributed by atoms with van der Waals surface area (Å²) >= 11 is 5.92. The smallest absolute Gasteiger partial charge is 0.339 e. The van der Waals surface area contributed by atoms with Gasteiger partial charge in [-0.25, -0.2) is 9.78 Å². The number of nitrogens with zero attached hydrogens (tertiary/aromatic N) is 2. The Morgan fingerprint density at radius 2 is 2.16 bits per heavy atom. The van der Waals surface area contributed by atoms with E-state index in [0.717, 1.165) is 25.8 Å². The topological polar surface area (TPSA) is 53.4 Å². The Morgan fingerprint density at radius 3 is 2.68 bits per heavy atom. The highest BCUT2D eigenvalue weighted by Gasteiger charge is 2.21. The van der Waals surface area contributed by atoms with E-state index < -0.39 is 5.97 Å². The van der Waals surface area contributed by atoms with E-state index in [1.165, 1.54) is 12.1 Å². The Bertz CT molecular complexity index is 437. The summed E-state index contributed by atoms with van der Waals surface area (Å²) in [6.45, 7) is 7.05. The van der Waals surface area contributed by atoms with Gasteiger partial charge in [0.2, 0.25) is 0 Å². The molecule has 1 aromatic rings. The Labute approximate surface area is 119 Å². The van der Waals surface area contributed by atoms with Gasteiger partial charge in [0.05, 0.1) is 0 Å². The molecule has 0 fully saturated rings. The number of carbonyl (C=O) groups is 1. The second-order valence-corrected chi connectivity index (χ2v) is 5.00. The van der Waals surface area contributed by atoms with Crippen LogP contribution in [0.1, 0.15) is 50.4 Å². The highest BCUT2D eigenvalue weighted by molar-refractivity contribution is 6.29. The van der Waals surface area contributed by atoms with Gasteiger partial charge in [0.1, 0.15) is 16.5 Å². The average Bonchev–Trinajstić information content (AvgIpc) is 2.38. The predicted octanol–water partition coefficient (Wildman–Crippen LogP) is 3.84. The van der Waals surface area contributed by atoms with Gasteiger partial charge in [-0.05, 0) is 31.9 Å². The number of halogens is 1. The molecule has 0 aliphatic heterocycles. The van der Waals surface area contributed by atoms with Crippen molar-refractivity contribution in [2.24, 2.45) is 0 Å². The lowest BCUT2D eigenvalue weighted by Gasteiger charge is -2.30. The molecule has 1 heterocycles. The fourth-order valence-corrected chi connectivity index (χ4v) is 2.04. The van der Waals surface area contributed by atoms with Crippen molar-refractivity contribution in [1.82, 2.24) is 4.98 Å². The molecule has 5 heteroatoms. The van der Waals surface area contributed by atoms with Gasteiger partial charge in [0.25, 0.3) is 0 Å². The second kappa shape index (κ2) is 7.34. The van der Waals surface area contributed by atoms with E-state index in [4.69, 9.17) is 11.6 Å². The standard InChI is InChI=1S/C14H21ClN2O2/c1-4-6-9-17(10(3)5-2)13-11(14(18)19)7-8-12(15)16-13/h7-8,10H,4-6,9H2,1-3H3,(H,18,19). The third kappa shape index (κ3) is 4.10. The van der Waals surface area contributed by atoms with Crippen LogP contribution >= 0.6 is 11.6 Å². The first-order valence-electron chi connectivity index (χ1n) is 6.67. The summed E-state index contributed by atoms with van der Waals surface area (Å²) in [5.74, 6) is -0.494. The first-order valence-corrected chi connectivity index (χ1v) is 7.05. The summed E-state index contributed by atoms with van der Waals surface area (Å²) in [6.07, 6.45) is 2.98. The van der Waals surface area contributed by atoms with E-state index in [-0.39, 0.29) is 11.6 Å². The van der Waals surface area contributed by atoms with Crippen molar-refractivity contribution in [2.75, 3.05) is 11.4 Å². The number of carboxylic acid groups (broad SMARTS) is 1. The number of pyridine rings is 1. The van der Waals surface area contributed by atoms with Gasteiger partial charge < -0.3 is 10.0 Å². The third-order valence-electron chi connectivity index (χ3n) is 3.22. The molecule has 1 N–H and O–H groups in total. The summed E-state index contributed by atoms with van der Waals surface area (Å²) in [6, 6.07) is 3.27. The minimum absolute atomic E-state index is 0.209. The molecule has 1 unspecified atom stereocenters. The molecule has 0 bridgehead atoms. The SMILES string of the molecule is CCCCN(c1nc(Cl)ccc1C(=O)O)C(C)CC. The fourth-order valence-electron chi connectivity index (χ4n) is 1.90. The first-order chi connectivity index (χ1) is 9.01. The fraction of sp³-hybridized carbons (Fsp3) is 0.571. The van der Waals surface area contributed by atoms with Crippen LogP contribution in [0.5, 0.6) is 0 Å². The van der Waals surface area contributed by atoms with Crippen LogP contribution in [-0.2, 0) is 0 Å². The van der Waals surface area contributed by atoms with Crippen molar-refractivity contribution in [3.05, 3.63) is 22.8 Å². The maximum absolute atomic E-state index is 11.3. The molecule has 0 radical (unpaired) electrons. The summed E-state index contributed by atoms with van der Waals surface area (Å²) in [5, 5.41) is 9.60. The average molecular weight is 285 g/mol. The Balaban J connectivity index is 3.19. The summed E-state index contributed by atoms with van der Waals surface area (Å²) < 4.78 is 0.